The number of carbonyl (C=O) groups excluding carboxylic acids is 2. The number of nitrogens with zero attached hydrogens (tertiary/aromatic N) is 1. The summed E-state index contributed by atoms with van der Waals surface area (Å²) >= 11 is 12.1. The van der Waals surface area contributed by atoms with Gasteiger partial charge in [0, 0.05) is 23.6 Å². The standard InChI is InChI=1S/C21H18Cl2FN3O4S/c1-11-17(21(29)27(2)10-12-6-7-13(22)8-16(12)23)26-18(20(25)28)19(11)32(30,31)15-5-3-4-14(24)9-15/h3-9,26H,10H2,1-2H3,(H2,25,28). The fourth-order valence-corrected chi connectivity index (χ4v) is 5.37. The molecule has 0 aliphatic heterocycles. The number of nitrogens with one attached hydrogen (secondary N) is 1. The molecule has 32 heavy (non-hydrogen) atoms. The first-order valence-corrected chi connectivity index (χ1v) is 11.4. The van der Waals surface area contributed by atoms with Gasteiger partial charge in [0.05, 0.1) is 4.90 Å². The molecule has 0 unspecified atom stereocenters. The number of amides is 2. The Morgan fingerprint density at radius 1 is 1.12 bits per heavy atom. The number of carbonyl (C=O) groups is 2. The second-order valence-electron chi connectivity index (χ2n) is 7.05. The first kappa shape index (κ1) is 23.8. The number of sulfone groups is 1. The van der Waals surface area contributed by atoms with Gasteiger partial charge in [0.15, 0.2) is 0 Å². The maximum absolute atomic E-state index is 13.6. The molecule has 3 N–H and O–H groups in total. The summed E-state index contributed by atoms with van der Waals surface area (Å²) < 4.78 is 39.9. The lowest BCUT2D eigenvalue weighted by molar-refractivity contribution is 0.0779. The van der Waals surface area contributed by atoms with E-state index in [0.29, 0.717) is 15.6 Å². The predicted molar refractivity (Wildman–Crippen MR) is 118 cm³/mol. The van der Waals surface area contributed by atoms with Crippen LogP contribution in [0.1, 0.15) is 32.1 Å². The van der Waals surface area contributed by atoms with Crippen molar-refractivity contribution in [3.05, 3.63) is 80.8 Å². The van der Waals surface area contributed by atoms with E-state index in [1.807, 2.05) is 0 Å². The number of aromatic nitrogens is 1. The summed E-state index contributed by atoms with van der Waals surface area (Å²) in [4.78, 5) is 28.0. The summed E-state index contributed by atoms with van der Waals surface area (Å²) in [6, 6.07) is 9.13. The second-order valence-corrected chi connectivity index (χ2v) is 9.78. The van der Waals surface area contributed by atoms with Gasteiger partial charge < -0.3 is 15.6 Å². The lowest BCUT2D eigenvalue weighted by Crippen LogP contribution is -2.27. The fourth-order valence-electron chi connectivity index (χ4n) is 3.22. The number of rotatable bonds is 6. The van der Waals surface area contributed by atoms with Crippen molar-refractivity contribution in [2.45, 2.75) is 23.3 Å². The van der Waals surface area contributed by atoms with Gasteiger partial charge in [-0.15, -0.1) is 0 Å². The van der Waals surface area contributed by atoms with Crippen LogP contribution in [0, 0.1) is 12.7 Å². The fraction of sp³-hybridized carbons (Fsp3) is 0.143. The zero-order chi connectivity index (χ0) is 23.8. The number of hydrogen-bond acceptors (Lipinski definition) is 4. The summed E-state index contributed by atoms with van der Waals surface area (Å²) in [6.07, 6.45) is 0. The van der Waals surface area contributed by atoms with Gasteiger partial charge in [-0.3, -0.25) is 9.59 Å². The van der Waals surface area contributed by atoms with Crippen LogP contribution in [0.4, 0.5) is 4.39 Å². The number of benzene rings is 2. The SMILES string of the molecule is Cc1c(C(=O)N(C)Cc2ccc(Cl)cc2Cl)[nH]c(C(N)=O)c1S(=O)(=O)c1cccc(F)c1. The summed E-state index contributed by atoms with van der Waals surface area (Å²) in [7, 11) is -2.87. The molecule has 0 fully saturated rings. The van der Waals surface area contributed by atoms with Crippen LogP contribution in [-0.4, -0.2) is 37.2 Å². The predicted octanol–water partition coefficient (Wildman–Crippen LogP) is 3.97. The Balaban J connectivity index is 2.05. The average Bonchev–Trinajstić information content (AvgIpc) is 3.07. The Morgan fingerprint density at radius 2 is 1.81 bits per heavy atom. The third kappa shape index (κ3) is 4.50. The Bertz CT molecular complexity index is 1340. The molecule has 2 amide bonds. The van der Waals surface area contributed by atoms with Crippen molar-refractivity contribution in [3.8, 4) is 0 Å². The Hall–Kier alpha value is -2.88. The molecule has 1 aromatic heterocycles. The number of hydrogen-bond donors (Lipinski definition) is 2. The number of aromatic amines is 1. The molecule has 0 atom stereocenters. The maximum atomic E-state index is 13.6. The molecule has 11 heteroatoms. The van der Waals surface area contributed by atoms with Gasteiger partial charge in [0.1, 0.15) is 22.1 Å². The first-order chi connectivity index (χ1) is 14.9. The van der Waals surface area contributed by atoms with Crippen LogP contribution >= 0.6 is 23.2 Å². The first-order valence-electron chi connectivity index (χ1n) is 9.16. The van der Waals surface area contributed by atoms with Crippen LogP contribution in [0.5, 0.6) is 0 Å². The van der Waals surface area contributed by atoms with Gasteiger partial charge in [0.25, 0.3) is 11.8 Å². The molecular formula is C21H18Cl2FN3O4S. The highest BCUT2D eigenvalue weighted by molar-refractivity contribution is 7.91. The third-order valence-corrected chi connectivity index (χ3v) is 7.31. The van der Waals surface area contributed by atoms with E-state index in [1.165, 1.54) is 37.1 Å². The minimum atomic E-state index is -4.36. The smallest absolute Gasteiger partial charge is 0.270 e. The normalized spacial score (nSPS) is 11.4. The lowest BCUT2D eigenvalue weighted by Gasteiger charge is -2.18. The molecular weight excluding hydrogens is 480 g/mol. The molecule has 0 spiro atoms. The molecule has 168 valence electrons. The Kier molecular flexibility index (Phi) is 6.64. The van der Waals surface area contributed by atoms with Crippen molar-refractivity contribution in [3.63, 3.8) is 0 Å². The van der Waals surface area contributed by atoms with Crippen LogP contribution in [0.15, 0.2) is 52.3 Å². The van der Waals surface area contributed by atoms with Crippen molar-refractivity contribution in [2.24, 2.45) is 5.73 Å². The van der Waals surface area contributed by atoms with Crippen molar-refractivity contribution in [2.75, 3.05) is 7.05 Å². The highest BCUT2D eigenvalue weighted by atomic mass is 35.5. The van der Waals surface area contributed by atoms with E-state index in [4.69, 9.17) is 28.9 Å². The van der Waals surface area contributed by atoms with Gasteiger partial charge in [-0.1, -0.05) is 35.3 Å². The van der Waals surface area contributed by atoms with Crippen molar-refractivity contribution in [1.82, 2.24) is 9.88 Å². The molecule has 0 radical (unpaired) electrons. The number of H-pyrrole nitrogens is 1. The molecule has 7 nitrogen and oxygen atoms in total. The number of nitrogens with two attached hydrogens (primary N) is 1. The topological polar surface area (TPSA) is 113 Å². The van der Waals surface area contributed by atoms with Crippen LogP contribution in [0.2, 0.25) is 10.0 Å². The molecule has 0 saturated heterocycles. The minimum Gasteiger partial charge on any atom is -0.364 e. The quantitative estimate of drug-likeness (QED) is 0.536. The zero-order valence-corrected chi connectivity index (χ0v) is 19.3. The minimum absolute atomic E-state index is 0.0119. The summed E-state index contributed by atoms with van der Waals surface area (Å²) in [6.45, 7) is 1.46. The highest BCUT2D eigenvalue weighted by Crippen LogP contribution is 2.31. The lowest BCUT2D eigenvalue weighted by atomic mass is 10.2. The van der Waals surface area contributed by atoms with Crippen molar-refractivity contribution < 1.29 is 22.4 Å². The average molecular weight is 498 g/mol. The third-order valence-electron chi connectivity index (χ3n) is 4.80. The second kappa shape index (κ2) is 8.93. The van der Waals surface area contributed by atoms with E-state index in [9.17, 15) is 22.4 Å². The Morgan fingerprint density at radius 3 is 2.41 bits per heavy atom. The molecule has 0 bridgehead atoms. The molecule has 1 heterocycles. The number of primary amides is 1. The molecule has 0 saturated carbocycles. The Labute approximate surface area is 193 Å². The van der Waals surface area contributed by atoms with Crippen molar-refractivity contribution >= 4 is 44.9 Å². The van der Waals surface area contributed by atoms with E-state index >= 15 is 0 Å². The molecule has 2 aromatic carbocycles. The van der Waals surface area contributed by atoms with Gasteiger partial charge in [-0.05, 0) is 48.4 Å². The molecule has 3 aromatic rings. The monoisotopic (exact) mass is 497 g/mol. The highest BCUT2D eigenvalue weighted by Gasteiger charge is 2.33. The van der Waals surface area contributed by atoms with E-state index in [2.05, 4.69) is 4.98 Å². The van der Waals surface area contributed by atoms with Crippen LogP contribution in [0.25, 0.3) is 0 Å². The van der Waals surface area contributed by atoms with E-state index in [1.54, 1.807) is 12.1 Å². The van der Waals surface area contributed by atoms with Gasteiger partial charge in [0.2, 0.25) is 9.84 Å². The largest absolute Gasteiger partial charge is 0.364 e. The number of halogens is 3. The van der Waals surface area contributed by atoms with Crippen LogP contribution in [-0.2, 0) is 16.4 Å². The van der Waals surface area contributed by atoms with Crippen LogP contribution in [0.3, 0.4) is 0 Å². The van der Waals surface area contributed by atoms with Gasteiger partial charge >= 0.3 is 0 Å². The van der Waals surface area contributed by atoms with E-state index in [0.717, 1.165) is 12.1 Å². The maximum Gasteiger partial charge on any atom is 0.270 e. The summed E-state index contributed by atoms with van der Waals surface area (Å²) in [5.74, 6) is -2.45. The zero-order valence-electron chi connectivity index (χ0n) is 16.9. The molecule has 3 rings (SSSR count). The van der Waals surface area contributed by atoms with Gasteiger partial charge in [-0.25, -0.2) is 12.8 Å². The van der Waals surface area contributed by atoms with E-state index in [-0.39, 0.29) is 22.7 Å². The van der Waals surface area contributed by atoms with Gasteiger partial charge in [-0.2, -0.15) is 0 Å². The molecule has 0 aliphatic rings. The summed E-state index contributed by atoms with van der Waals surface area (Å²) in [5, 5.41) is 0.791. The van der Waals surface area contributed by atoms with Crippen molar-refractivity contribution in [1.29, 1.82) is 0 Å². The van der Waals surface area contributed by atoms with Crippen LogP contribution < -0.4 is 5.73 Å². The van der Waals surface area contributed by atoms with E-state index < -0.39 is 38.1 Å². The summed E-state index contributed by atoms with van der Waals surface area (Å²) in [5.41, 5.74) is 5.37. The molecule has 0 aliphatic carbocycles.